The molecule has 29 heavy (non-hydrogen) atoms. The molecule has 0 saturated carbocycles. The molecule has 150 valence electrons. The number of aromatic nitrogens is 1. The fourth-order valence-corrected chi connectivity index (χ4v) is 3.04. The summed E-state index contributed by atoms with van der Waals surface area (Å²) in [5, 5.41) is 13.6. The third-order valence-electron chi connectivity index (χ3n) is 4.43. The maximum Gasteiger partial charge on any atom is 0.203 e. The van der Waals surface area contributed by atoms with Crippen molar-refractivity contribution in [2.24, 2.45) is 0 Å². The molecule has 0 radical (unpaired) electrons. The lowest BCUT2D eigenvalue weighted by atomic mass is 10.1. The van der Waals surface area contributed by atoms with E-state index in [1.165, 1.54) is 13.3 Å². The van der Waals surface area contributed by atoms with Crippen LogP contribution in [0, 0.1) is 11.3 Å². The van der Waals surface area contributed by atoms with Crippen LogP contribution in [-0.2, 0) is 0 Å². The van der Waals surface area contributed by atoms with Gasteiger partial charge < -0.3 is 29.0 Å². The summed E-state index contributed by atoms with van der Waals surface area (Å²) in [5.74, 6) is 2.55. The van der Waals surface area contributed by atoms with Gasteiger partial charge in [-0.15, -0.1) is 0 Å². The number of hydrogen-bond donors (Lipinski definition) is 1. The SMILES string of the molecule is COc1cc2ncc(C#N)c(Nc3cc(OC)c(OC)c(OC)c3)c2cc1OC. The smallest absolute Gasteiger partial charge is 0.203 e. The first-order valence-electron chi connectivity index (χ1n) is 8.62. The number of benzene rings is 2. The summed E-state index contributed by atoms with van der Waals surface area (Å²) >= 11 is 0. The molecule has 8 nitrogen and oxygen atoms in total. The van der Waals surface area contributed by atoms with Crippen molar-refractivity contribution in [3.05, 3.63) is 36.0 Å². The lowest BCUT2D eigenvalue weighted by molar-refractivity contribution is 0.324. The van der Waals surface area contributed by atoms with Crippen molar-refractivity contribution >= 4 is 22.3 Å². The Labute approximate surface area is 168 Å². The van der Waals surface area contributed by atoms with Crippen LogP contribution in [0.5, 0.6) is 28.7 Å². The van der Waals surface area contributed by atoms with Gasteiger partial charge in [0, 0.05) is 35.5 Å². The summed E-state index contributed by atoms with van der Waals surface area (Å²) in [6.07, 6.45) is 1.51. The van der Waals surface area contributed by atoms with E-state index in [4.69, 9.17) is 23.7 Å². The molecule has 1 heterocycles. The van der Waals surface area contributed by atoms with Gasteiger partial charge in [0.05, 0.1) is 52.3 Å². The Hall–Kier alpha value is -3.86. The molecule has 0 saturated heterocycles. The molecular formula is C21H21N3O5. The molecule has 0 bridgehead atoms. The van der Waals surface area contributed by atoms with Crippen LogP contribution in [0.2, 0.25) is 0 Å². The monoisotopic (exact) mass is 395 g/mol. The number of nitrogens with zero attached hydrogens (tertiary/aromatic N) is 2. The molecule has 0 aliphatic heterocycles. The molecule has 0 spiro atoms. The Bertz CT molecular complexity index is 1070. The first-order valence-corrected chi connectivity index (χ1v) is 8.62. The minimum Gasteiger partial charge on any atom is -0.493 e. The molecule has 8 heteroatoms. The fraction of sp³-hybridized carbons (Fsp3) is 0.238. The highest BCUT2D eigenvalue weighted by atomic mass is 16.5. The Morgan fingerprint density at radius 3 is 1.90 bits per heavy atom. The number of nitriles is 1. The number of nitrogens with one attached hydrogen (secondary N) is 1. The molecule has 3 aromatic rings. The zero-order valence-electron chi connectivity index (χ0n) is 16.8. The number of hydrogen-bond acceptors (Lipinski definition) is 8. The van der Waals surface area contributed by atoms with Crippen LogP contribution in [0.25, 0.3) is 10.9 Å². The highest BCUT2D eigenvalue weighted by molar-refractivity contribution is 5.97. The van der Waals surface area contributed by atoms with Crippen molar-refractivity contribution in [1.82, 2.24) is 4.98 Å². The van der Waals surface area contributed by atoms with Crippen molar-refractivity contribution in [2.45, 2.75) is 0 Å². The molecular weight excluding hydrogens is 374 g/mol. The molecule has 0 fully saturated rings. The molecule has 0 aliphatic carbocycles. The van der Waals surface area contributed by atoms with E-state index in [1.807, 2.05) is 0 Å². The van der Waals surface area contributed by atoms with E-state index in [9.17, 15) is 5.26 Å². The predicted molar refractivity (Wildman–Crippen MR) is 109 cm³/mol. The van der Waals surface area contributed by atoms with Crippen molar-refractivity contribution < 1.29 is 23.7 Å². The summed E-state index contributed by atoms with van der Waals surface area (Å²) in [7, 11) is 7.73. The second kappa shape index (κ2) is 8.44. The standard InChI is InChI=1S/C21H21N3O5/c1-25-16-8-14-15(9-17(16)26-2)23-11-12(10-22)20(14)24-13-6-18(27-3)21(29-5)19(7-13)28-4/h6-9,11H,1-5H3,(H,23,24). The van der Waals surface area contributed by atoms with E-state index in [0.717, 1.165) is 0 Å². The maximum absolute atomic E-state index is 9.61. The Morgan fingerprint density at radius 2 is 1.38 bits per heavy atom. The van der Waals surface area contributed by atoms with Crippen LogP contribution in [0.3, 0.4) is 0 Å². The van der Waals surface area contributed by atoms with Gasteiger partial charge in [0.2, 0.25) is 5.75 Å². The van der Waals surface area contributed by atoms with E-state index in [-0.39, 0.29) is 0 Å². The molecule has 1 N–H and O–H groups in total. The zero-order chi connectivity index (χ0) is 21.0. The summed E-state index contributed by atoms with van der Waals surface area (Å²) in [6, 6.07) is 9.23. The molecule has 0 aliphatic rings. The maximum atomic E-state index is 9.61. The summed E-state index contributed by atoms with van der Waals surface area (Å²) < 4.78 is 26.9. The van der Waals surface area contributed by atoms with Crippen LogP contribution < -0.4 is 29.0 Å². The second-order valence-electron chi connectivity index (χ2n) is 5.92. The third-order valence-corrected chi connectivity index (χ3v) is 4.43. The van der Waals surface area contributed by atoms with Gasteiger partial charge in [-0.25, -0.2) is 0 Å². The van der Waals surface area contributed by atoms with Gasteiger partial charge in [-0.3, -0.25) is 4.98 Å². The van der Waals surface area contributed by atoms with E-state index in [1.54, 1.807) is 52.7 Å². The molecule has 3 rings (SSSR count). The van der Waals surface area contributed by atoms with Gasteiger partial charge >= 0.3 is 0 Å². The Morgan fingerprint density at radius 1 is 0.793 bits per heavy atom. The Kier molecular flexibility index (Phi) is 5.79. The van der Waals surface area contributed by atoms with E-state index < -0.39 is 0 Å². The normalized spacial score (nSPS) is 10.2. The number of ether oxygens (including phenoxy) is 5. The van der Waals surface area contributed by atoms with E-state index >= 15 is 0 Å². The molecule has 2 aromatic carbocycles. The van der Waals surface area contributed by atoms with Gasteiger partial charge in [0.1, 0.15) is 6.07 Å². The van der Waals surface area contributed by atoms with Gasteiger partial charge in [0.15, 0.2) is 23.0 Å². The van der Waals surface area contributed by atoms with Gasteiger partial charge in [0.25, 0.3) is 0 Å². The predicted octanol–water partition coefficient (Wildman–Crippen LogP) is 3.89. The highest BCUT2D eigenvalue weighted by Gasteiger charge is 2.17. The molecule has 0 amide bonds. The van der Waals surface area contributed by atoms with Crippen LogP contribution in [0.4, 0.5) is 11.4 Å². The lowest BCUT2D eigenvalue weighted by Crippen LogP contribution is -2.01. The van der Waals surface area contributed by atoms with Crippen LogP contribution in [0.1, 0.15) is 5.56 Å². The van der Waals surface area contributed by atoms with E-state index in [0.29, 0.717) is 56.6 Å². The quantitative estimate of drug-likeness (QED) is 0.644. The van der Waals surface area contributed by atoms with Crippen molar-refractivity contribution in [3.8, 4) is 34.8 Å². The number of methoxy groups -OCH3 is 5. The summed E-state index contributed by atoms with van der Waals surface area (Å²) in [4.78, 5) is 4.37. The first kappa shape index (κ1) is 19.9. The summed E-state index contributed by atoms with van der Waals surface area (Å²) in [6.45, 7) is 0. The minimum atomic E-state index is 0.374. The first-order chi connectivity index (χ1) is 14.1. The number of rotatable bonds is 7. The molecule has 1 aromatic heterocycles. The average molecular weight is 395 g/mol. The second-order valence-corrected chi connectivity index (χ2v) is 5.92. The zero-order valence-corrected chi connectivity index (χ0v) is 16.8. The van der Waals surface area contributed by atoms with Crippen molar-refractivity contribution in [1.29, 1.82) is 5.26 Å². The van der Waals surface area contributed by atoms with Gasteiger partial charge in [-0.05, 0) is 6.07 Å². The lowest BCUT2D eigenvalue weighted by Gasteiger charge is -2.17. The number of pyridine rings is 1. The van der Waals surface area contributed by atoms with Gasteiger partial charge in [-0.1, -0.05) is 0 Å². The number of anilines is 2. The minimum absolute atomic E-state index is 0.374. The van der Waals surface area contributed by atoms with Crippen molar-refractivity contribution in [2.75, 3.05) is 40.9 Å². The van der Waals surface area contributed by atoms with Crippen LogP contribution in [-0.4, -0.2) is 40.5 Å². The molecule has 0 unspecified atom stereocenters. The van der Waals surface area contributed by atoms with Gasteiger partial charge in [-0.2, -0.15) is 5.26 Å². The number of fused-ring (bicyclic) bond motifs is 1. The topological polar surface area (TPSA) is 94.9 Å². The average Bonchev–Trinajstić information content (AvgIpc) is 2.77. The Balaban J connectivity index is 2.20. The highest BCUT2D eigenvalue weighted by Crippen LogP contribution is 2.42. The largest absolute Gasteiger partial charge is 0.493 e. The summed E-state index contributed by atoms with van der Waals surface area (Å²) in [5.41, 5.74) is 2.25. The third kappa shape index (κ3) is 3.62. The molecule has 0 atom stereocenters. The van der Waals surface area contributed by atoms with E-state index in [2.05, 4.69) is 16.4 Å². The van der Waals surface area contributed by atoms with Crippen molar-refractivity contribution in [3.63, 3.8) is 0 Å². The fourth-order valence-electron chi connectivity index (χ4n) is 3.04. The van der Waals surface area contributed by atoms with Crippen LogP contribution >= 0.6 is 0 Å². The van der Waals surface area contributed by atoms with Crippen LogP contribution in [0.15, 0.2) is 30.5 Å².